The Morgan fingerprint density at radius 3 is 2.81 bits per heavy atom. The fraction of sp³-hybridized carbons (Fsp3) is 0.182. The molecule has 0 saturated heterocycles. The van der Waals surface area contributed by atoms with Crippen molar-refractivity contribution in [3.05, 3.63) is 29.3 Å². The average molecular weight is 238 g/mol. The van der Waals surface area contributed by atoms with Crippen LogP contribution in [0, 0.1) is 0 Å². The molecule has 1 aromatic rings. The van der Waals surface area contributed by atoms with Crippen LogP contribution in [0.5, 0.6) is 0 Å². The molecular weight excluding hydrogens is 230 g/mol. The number of benzene rings is 1. The third-order valence-corrected chi connectivity index (χ3v) is 2.61. The molecule has 0 fully saturated rings. The Balaban J connectivity index is 2.32. The average Bonchev–Trinajstić information content (AvgIpc) is 2.65. The minimum Gasteiger partial charge on any atom is -0.326 e. The van der Waals surface area contributed by atoms with Gasteiger partial charge in [0.15, 0.2) is 0 Å². The second kappa shape index (κ2) is 4.06. The van der Waals surface area contributed by atoms with Crippen molar-refractivity contribution >= 4 is 34.8 Å². The number of halogens is 1. The molecule has 1 aromatic carbocycles. The van der Waals surface area contributed by atoms with Crippen molar-refractivity contribution in [2.75, 3.05) is 11.2 Å². The first-order chi connectivity index (χ1) is 7.61. The molecule has 0 saturated carbocycles. The summed E-state index contributed by atoms with van der Waals surface area (Å²) in [4.78, 5) is 33.7. The number of ketones is 2. The molecule has 0 spiro atoms. The number of anilines is 1. The summed E-state index contributed by atoms with van der Waals surface area (Å²) in [6.45, 7) is 0. The standard InChI is InChI=1S/C11H8ClNO3/c12-5-9(14)11(16)6-1-2-8-7(3-6)4-10(15)13-8/h1-3H,4-5H2,(H,13,15). The van der Waals surface area contributed by atoms with Gasteiger partial charge >= 0.3 is 0 Å². The van der Waals surface area contributed by atoms with Gasteiger partial charge in [0, 0.05) is 11.3 Å². The van der Waals surface area contributed by atoms with Crippen LogP contribution >= 0.6 is 11.6 Å². The van der Waals surface area contributed by atoms with E-state index in [1.165, 1.54) is 6.07 Å². The maximum atomic E-state index is 11.5. The Kier molecular flexibility index (Phi) is 2.75. The lowest BCUT2D eigenvalue weighted by atomic mass is 10.0. The van der Waals surface area contributed by atoms with E-state index in [1.807, 2.05) is 0 Å². The molecule has 1 heterocycles. The Hall–Kier alpha value is -1.68. The summed E-state index contributed by atoms with van der Waals surface area (Å²) in [6.07, 6.45) is 0.242. The van der Waals surface area contributed by atoms with Crippen molar-refractivity contribution in [3.8, 4) is 0 Å². The van der Waals surface area contributed by atoms with Crippen LogP contribution in [0.4, 0.5) is 5.69 Å². The summed E-state index contributed by atoms with van der Waals surface area (Å²) in [7, 11) is 0. The molecule has 82 valence electrons. The van der Waals surface area contributed by atoms with E-state index < -0.39 is 11.6 Å². The Morgan fingerprint density at radius 2 is 2.12 bits per heavy atom. The van der Waals surface area contributed by atoms with Gasteiger partial charge in [-0.2, -0.15) is 0 Å². The molecule has 0 unspecified atom stereocenters. The van der Waals surface area contributed by atoms with Gasteiger partial charge in [0.05, 0.1) is 12.3 Å². The first-order valence-electron chi connectivity index (χ1n) is 4.68. The number of amides is 1. The molecule has 1 amide bonds. The van der Waals surface area contributed by atoms with Crippen LogP contribution in [0.15, 0.2) is 18.2 Å². The van der Waals surface area contributed by atoms with E-state index in [2.05, 4.69) is 5.32 Å². The van der Waals surface area contributed by atoms with Gasteiger partial charge in [-0.3, -0.25) is 14.4 Å². The van der Waals surface area contributed by atoms with Crippen molar-refractivity contribution in [2.24, 2.45) is 0 Å². The topological polar surface area (TPSA) is 63.2 Å². The molecule has 1 N–H and O–H groups in total. The van der Waals surface area contributed by atoms with Crippen molar-refractivity contribution < 1.29 is 14.4 Å². The van der Waals surface area contributed by atoms with Crippen LogP contribution in [0.2, 0.25) is 0 Å². The quantitative estimate of drug-likeness (QED) is 0.488. The highest BCUT2D eigenvalue weighted by Crippen LogP contribution is 2.24. The lowest BCUT2D eigenvalue weighted by Gasteiger charge is -2.01. The molecule has 0 atom stereocenters. The van der Waals surface area contributed by atoms with Crippen LogP contribution in [-0.2, 0) is 16.0 Å². The maximum Gasteiger partial charge on any atom is 0.229 e. The van der Waals surface area contributed by atoms with Crippen LogP contribution in [-0.4, -0.2) is 23.4 Å². The van der Waals surface area contributed by atoms with Crippen LogP contribution in [0.1, 0.15) is 15.9 Å². The SMILES string of the molecule is O=C1Cc2cc(C(=O)C(=O)CCl)ccc2N1. The van der Waals surface area contributed by atoms with Gasteiger partial charge in [-0.25, -0.2) is 0 Å². The van der Waals surface area contributed by atoms with E-state index in [0.29, 0.717) is 5.69 Å². The number of nitrogens with one attached hydrogen (secondary N) is 1. The number of alkyl halides is 1. The Labute approximate surface area is 96.6 Å². The molecule has 0 aromatic heterocycles. The number of fused-ring (bicyclic) bond motifs is 1. The first-order valence-corrected chi connectivity index (χ1v) is 5.21. The lowest BCUT2D eigenvalue weighted by molar-refractivity contribution is -0.115. The predicted molar refractivity (Wildman–Crippen MR) is 58.8 cm³/mol. The summed E-state index contributed by atoms with van der Waals surface area (Å²) in [6, 6.07) is 4.69. The molecule has 16 heavy (non-hydrogen) atoms. The number of carbonyl (C=O) groups is 3. The highest BCUT2D eigenvalue weighted by atomic mass is 35.5. The smallest absolute Gasteiger partial charge is 0.229 e. The fourth-order valence-electron chi connectivity index (χ4n) is 1.59. The van der Waals surface area contributed by atoms with Gasteiger partial charge in [-0.1, -0.05) is 0 Å². The van der Waals surface area contributed by atoms with Gasteiger partial charge in [-0.15, -0.1) is 11.6 Å². The molecular formula is C11H8ClNO3. The predicted octanol–water partition coefficient (Wildman–Crippen LogP) is 1.17. The van der Waals surface area contributed by atoms with Crippen LogP contribution in [0.25, 0.3) is 0 Å². The lowest BCUT2D eigenvalue weighted by Crippen LogP contribution is -2.15. The van der Waals surface area contributed by atoms with Gasteiger partial charge in [0.25, 0.3) is 0 Å². The van der Waals surface area contributed by atoms with Gasteiger partial charge in [0.1, 0.15) is 0 Å². The second-order valence-corrected chi connectivity index (χ2v) is 3.75. The Morgan fingerprint density at radius 1 is 1.38 bits per heavy atom. The van der Waals surface area contributed by atoms with Crippen molar-refractivity contribution in [3.63, 3.8) is 0 Å². The highest BCUT2D eigenvalue weighted by molar-refractivity contribution is 6.51. The summed E-state index contributed by atoms with van der Waals surface area (Å²) >= 11 is 5.30. The van der Waals surface area contributed by atoms with Gasteiger partial charge < -0.3 is 5.32 Å². The van der Waals surface area contributed by atoms with Crippen LogP contribution < -0.4 is 5.32 Å². The zero-order chi connectivity index (χ0) is 11.7. The number of Topliss-reactive ketones (excluding diaryl/α,β-unsaturated/α-hetero) is 2. The van der Waals surface area contributed by atoms with E-state index >= 15 is 0 Å². The third kappa shape index (κ3) is 1.84. The molecule has 1 aliphatic heterocycles. The normalized spacial score (nSPS) is 13.2. The minimum absolute atomic E-state index is 0.108. The minimum atomic E-state index is -0.640. The van der Waals surface area contributed by atoms with Crippen LogP contribution in [0.3, 0.4) is 0 Å². The van der Waals surface area contributed by atoms with E-state index in [0.717, 1.165) is 5.56 Å². The number of rotatable bonds is 3. The second-order valence-electron chi connectivity index (χ2n) is 3.48. The summed E-state index contributed by atoms with van der Waals surface area (Å²) < 4.78 is 0. The van der Waals surface area contributed by atoms with Gasteiger partial charge in [-0.05, 0) is 23.8 Å². The Bertz CT molecular complexity index is 496. The molecule has 2 rings (SSSR count). The summed E-state index contributed by atoms with van der Waals surface area (Å²) in [5.74, 6) is -1.69. The zero-order valence-corrected chi connectivity index (χ0v) is 9.00. The zero-order valence-electron chi connectivity index (χ0n) is 8.25. The van der Waals surface area contributed by atoms with Gasteiger partial charge in [0.2, 0.25) is 17.5 Å². The van der Waals surface area contributed by atoms with E-state index in [1.54, 1.807) is 12.1 Å². The van der Waals surface area contributed by atoms with Crippen molar-refractivity contribution in [1.82, 2.24) is 0 Å². The molecule has 4 nitrogen and oxygen atoms in total. The van der Waals surface area contributed by atoms with E-state index in [-0.39, 0.29) is 23.8 Å². The first kappa shape index (κ1) is 10.8. The molecule has 1 aliphatic rings. The molecule has 0 bridgehead atoms. The summed E-state index contributed by atoms with van der Waals surface area (Å²) in [5, 5.41) is 2.65. The van der Waals surface area contributed by atoms with E-state index in [9.17, 15) is 14.4 Å². The third-order valence-electron chi connectivity index (χ3n) is 2.37. The number of hydrogen-bond donors (Lipinski definition) is 1. The molecule has 5 heteroatoms. The molecule has 0 radical (unpaired) electrons. The summed E-state index contributed by atoms with van der Waals surface area (Å²) in [5.41, 5.74) is 1.71. The maximum absolute atomic E-state index is 11.5. The fourth-order valence-corrected chi connectivity index (χ4v) is 1.71. The van der Waals surface area contributed by atoms with E-state index in [4.69, 9.17) is 11.6 Å². The number of carbonyl (C=O) groups excluding carboxylic acids is 3. The largest absolute Gasteiger partial charge is 0.326 e. The number of hydrogen-bond acceptors (Lipinski definition) is 3. The van der Waals surface area contributed by atoms with Crippen molar-refractivity contribution in [1.29, 1.82) is 0 Å². The molecule has 0 aliphatic carbocycles. The highest BCUT2D eigenvalue weighted by Gasteiger charge is 2.21. The monoisotopic (exact) mass is 237 g/mol. The van der Waals surface area contributed by atoms with Crippen molar-refractivity contribution in [2.45, 2.75) is 6.42 Å².